The molecule has 0 spiro atoms. The largest absolute Gasteiger partial charge is 0.492 e. The summed E-state index contributed by atoms with van der Waals surface area (Å²) in [5.74, 6) is -1.54. The Morgan fingerprint density at radius 2 is 1.95 bits per heavy atom. The van der Waals surface area contributed by atoms with Crippen molar-refractivity contribution in [3.8, 4) is 16.9 Å². The Morgan fingerprint density at radius 1 is 1.22 bits per heavy atom. The van der Waals surface area contributed by atoms with E-state index in [1.807, 2.05) is 30.0 Å². The van der Waals surface area contributed by atoms with Crippen LogP contribution in [0.25, 0.3) is 11.1 Å². The van der Waals surface area contributed by atoms with Gasteiger partial charge in [-0.25, -0.2) is 13.2 Å². The molecule has 0 unspecified atom stereocenters. The highest BCUT2D eigenvalue weighted by molar-refractivity contribution is 5.87. The maximum Gasteiger partial charge on any atom is 0.245 e. The number of aromatic nitrogens is 2. The molecule has 10 heteroatoms. The van der Waals surface area contributed by atoms with Crippen molar-refractivity contribution in [3.63, 3.8) is 0 Å². The first-order chi connectivity index (χ1) is 19.4. The molecular weight excluding hydrogens is 531 g/mol. The van der Waals surface area contributed by atoms with Gasteiger partial charge in [-0.3, -0.25) is 14.8 Å². The Bertz CT molecular complexity index is 1350. The van der Waals surface area contributed by atoms with E-state index in [9.17, 15) is 9.18 Å². The van der Waals surface area contributed by atoms with Crippen LogP contribution < -0.4 is 10.1 Å². The van der Waals surface area contributed by atoms with E-state index in [2.05, 4.69) is 15.5 Å². The van der Waals surface area contributed by atoms with Crippen molar-refractivity contribution >= 4 is 5.91 Å². The van der Waals surface area contributed by atoms with Crippen LogP contribution in [-0.4, -0.2) is 78.0 Å². The number of rotatable bonds is 11. The third kappa shape index (κ3) is 7.56. The van der Waals surface area contributed by atoms with Gasteiger partial charge in [0.15, 0.2) is 0 Å². The number of hydrogen-bond acceptors (Lipinski definition) is 5. The number of ether oxygens (including phenoxy) is 1. The summed E-state index contributed by atoms with van der Waals surface area (Å²) in [7, 11) is 3.34. The summed E-state index contributed by atoms with van der Waals surface area (Å²) >= 11 is 0. The second-order valence-electron chi connectivity index (χ2n) is 11.2. The highest BCUT2D eigenvalue weighted by atomic mass is 19.1. The number of H-pyrrole nitrogens is 1. The molecule has 7 nitrogen and oxygen atoms in total. The lowest BCUT2D eigenvalue weighted by Crippen LogP contribution is -2.48. The Kier molecular flexibility index (Phi) is 9.55. The number of carbonyl (C=O) groups excluding carboxylic acids is 1. The quantitative estimate of drug-likeness (QED) is 0.250. The van der Waals surface area contributed by atoms with Crippen molar-refractivity contribution in [1.29, 1.82) is 0 Å². The summed E-state index contributed by atoms with van der Waals surface area (Å²) in [6.45, 7) is 5.96. The second kappa shape index (κ2) is 12.9. The van der Waals surface area contributed by atoms with Gasteiger partial charge < -0.3 is 15.0 Å². The third-order valence-electron chi connectivity index (χ3n) is 7.08. The Labute approximate surface area is 239 Å². The molecule has 1 amide bonds. The lowest BCUT2D eigenvalue weighted by molar-refractivity contribution is -0.123. The summed E-state index contributed by atoms with van der Waals surface area (Å²) in [4.78, 5) is 14.9. The van der Waals surface area contributed by atoms with Gasteiger partial charge in [-0.2, -0.15) is 5.10 Å². The summed E-state index contributed by atoms with van der Waals surface area (Å²) in [5, 5.41) is 9.91. The van der Waals surface area contributed by atoms with Crippen LogP contribution in [0.15, 0.2) is 54.9 Å². The maximum absolute atomic E-state index is 15.7. The Hall–Kier alpha value is -3.63. The number of amides is 1. The summed E-state index contributed by atoms with van der Waals surface area (Å²) in [5.41, 5.74) is 1.87. The van der Waals surface area contributed by atoms with E-state index in [0.29, 0.717) is 19.5 Å². The van der Waals surface area contributed by atoms with E-state index in [1.165, 1.54) is 37.0 Å². The smallest absolute Gasteiger partial charge is 0.245 e. The van der Waals surface area contributed by atoms with Crippen molar-refractivity contribution in [2.45, 2.75) is 44.9 Å². The van der Waals surface area contributed by atoms with Crippen LogP contribution in [0.4, 0.5) is 13.2 Å². The predicted molar refractivity (Wildman–Crippen MR) is 153 cm³/mol. The molecule has 220 valence electrons. The van der Waals surface area contributed by atoms with Crippen molar-refractivity contribution in [3.05, 3.63) is 83.2 Å². The highest BCUT2D eigenvalue weighted by Gasteiger charge is 2.39. The van der Waals surface area contributed by atoms with Gasteiger partial charge in [-0.15, -0.1) is 0 Å². The topological polar surface area (TPSA) is 73.5 Å². The van der Waals surface area contributed by atoms with Gasteiger partial charge in [-0.05, 0) is 43.9 Å². The van der Waals surface area contributed by atoms with E-state index < -0.39 is 23.3 Å². The monoisotopic (exact) mass is 569 g/mol. The minimum absolute atomic E-state index is 0.0130. The number of nitrogens with one attached hydrogen (secondary N) is 2. The van der Waals surface area contributed by atoms with Crippen molar-refractivity contribution < 1.29 is 22.7 Å². The first kappa shape index (κ1) is 30.3. The molecule has 0 saturated carbocycles. The van der Waals surface area contributed by atoms with Gasteiger partial charge in [0, 0.05) is 75.3 Å². The number of likely N-dealkylation sites (N-methyl/N-ethyl adjacent to an activating group) is 1. The van der Waals surface area contributed by atoms with Crippen LogP contribution in [0.3, 0.4) is 0 Å². The number of alkyl halides is 1. The zero-order valence-corrected chi connectivity index (χ0v) is 24.2. The minimum atomic E-state index is -1.57. The van der Waals surface area contributed by atoms with Crippen LogP contribution in [0.2, 0.25) is 0 Å². The minimum Gasteiger partial charge on any atom is -0.492 e. The molecule has 41 heavy (non-hydrogen) atoms. The van der Waals surface area contributed by atoms with Crippen molar-refractivity contribution in [2.24, 2.45) is 0 Å². The van der Waals surface area contributed by atoms with Crippen LogP contribution in [0.1, 0.15) is 43.5 Å². The Morgan fingerprint density at radius 3 is 2.59 bits per heavy atom. The zero-order valence-electron chi connectivity index (χ0n) is 24.2. The summed E-state index contributed by atoms with van der Waals surface area (Å²) in [6.07, 6.45) is 7.29. The van der Waals surface area contributed by atoms with E-state index in [1.54, 1.807) is 32.6 Å². The van der Waals surface area contributed by atoms with Gasteiger partial charge in [0.2, 0.25) is 5.91 Å². The number of halogens is 3. The fourth-order valence-corrected chi connectivity index (χ4v) is 5.15. The predicted octanol–water partition coefficient (Wildman–Crippen LogP) is 5.05. The zero-order chi connectivity index (χ0) is 29.7. The van der Waals surface area contributed by atoms with E-state index >= 15 is 8.78 Å². The van der Waals surface area contributed by atoms with Crippen LogP contribution >= 0.6 is 0 Å². The second-order valence-corrected chi connectivity index (χ2v) is 11.2. The average Bonchev–Trinajstić information content (AvgIpc) is 3.43. The molecule has 1 aliphatic rings. The molecule has 2 N–H and O–H groups in total. The SMILES string of the molecule is C[C@@H]1Cc2cc(-c3cn[nH]c3)ccc2[C@@H](c2c(F)cc(OCCNC/C=C/C(=O)N(C)C)cc2F)N1CC(C)(C)F. The van der Waals surface area contributed by atoms with Crippen molar-refractivity contribution in [1.82, 2.24) is 25.3 Å². The molecule has 0 saturated heterocycles. The van der Waals surface area contributed by atoms with Gasteiger partial charge in [0.1, 0.15) is 29.7 Å². The molecule has 0 radical (unpaired) electrons. The number of carbonyl (C=O) groups is 1. The lowest BCUT2D eigenvalue weighted by atomic mass is 9.82. The molecule has 3 aromatic rings. The molecule has 0 fully saturated rings. The molecule has 0 aliphatic carbocycles. The van der Waals surface area contributed by atoms with E-state index in [4.69, 9.17) is 4.74 Å². The Balaban J connectivity index is 1.56. The number of aromatic amines is 1. The van der Waals surface area contributed by atoms with Crippen LogP contribution in [0.5, 0.6) is 5.75 Å². The molecule has 0 bridgehead atoms. The standard InChI is InChI=1S/C31H38F3N5O2/c1-20-13-22-14-21(23-17-36-37-18-23)8-9-25(22)30(39(20)19-31(2,3)34)29-26(32)15-24(16-27(29)33)41-12-11-35-10-6-7-28(40)38(4)5/h6-9,14-18,20,30,35H,10-13,19H2,1-5H3,(H,36,37)/b7-6+/t20-,30+/m1/s1. The van der Waals surface area contributed by atoms with Gasteiger partial charge in [-0.1, -0.05) is 24.3 Å². The molecule has 1 aromatic heterocycles. The summed E-state index contributed by atoms with van der Waals surface area (Å²) < 4.78 is 52.0. The molecule has 2 aromatic carbocycles. The number of benzene rings is 2. The van der Waals surface area contributed by atoms with Crippen LogP contribution in [0, 0.1) is 11.6 Å². The lowest BCUT2D eigenvalue weighted by Gasteiger charge is -2.44. The molecule has 2 heterocycles. The normalized spacial score (nSPS) is 17.6. The fourth-order valence-electron chi connectivity index (χ4n) is 5.15. The van der Waals surface area contributed by atoms with Crippen LogP contribution in [-0.2, 0) is 11.2 Å². The molecule has 1 aliphatic heterocycles. The fraction of sp³-hybridized carbons (Fsp3) is 0.419. The van der Waals surface area contributed by atoms with Crippen molar-refractivity contribution in [2.75, 3.05) is 40.3 Å². The van der Waals surface area contributed by atoms with E-state index in [-0.39, 0.29) is 36.4 Å². The van der Waals surface area contributed by atoms with Gasteiger partial charge in [0.25, 0.3) is 0 Å². The molecule has 2 atom stereocenters. The van der Waals surface area contributed by atoms with Gasteiger partial charge in [0.05, 0.1) is 12.2 Å². The number of hydrogen-bond donors (Lipinski definition) is 2. The first-order valence-corrected chi connectivity index (χ1v) is 13.7. The maximum atomic E-state index is 15.7. The van der Waals surface area contributed by atoms with Gasteiger partial charge >= 0.3 is 0 Å². The summed E-state index contributed by atoms with van der Waals surface area (Å²) in [6, 6.07) is 7.20. The molecule has 4 rings (SSSR count). The average molecular weight is 570 g/mol. The third-order valence-corrected chi connectivity index (χ3v) is 7.08. The van der Waals surface area contributed by atoms with E-state index in [0.717, 1.165) is 22.3 Å². The number of nitrogens with zero attached hydrogens (tertiary/aromatic N) is 3. The highest BCUT2D eigenvalue weighted by Crippen LogP contribution is 2.42. The number of fused-ring (bicyclic) bond motifs is 1. The first-order valence-electron chi connectivity index (χ1n) is 13.7. The molecular formula is C31H38F3N5O2.